The Bertz CT molecular complexity index is 1100. The van der Waals surface area contributed by atoms with E-state index in [2.05, 4.69) is 11.1 Å². The van der Waals surface area contributed by atoms with Gasteiger partial charge in [-0.15, -0.1) is 11.3 Å². The van der Waals surface area contributed by atoms with Crippen LogP contribution in [-0.2, 0) is 0 Å². The van der Waals surface area contributed by atoms with Gasteiger partial charge in [-0.2, -0.15) is 5.26 Å². The predicted molar refractivity (Wildman–Crippen MR) is 101 cm³/mol. The molecule has 1 aromatic heterocycles. The minimum Gasteiger partial charge on any atom is -0.258 e. The second-order valence-electron chi connectivity index (χ2n) is 5.36. The Morgan fingerprint density at radius 1 is 1.07 bits per heavy atom. The van der Waals surface area contributed by atoms with Crippen LogP contribution in [0.1, 0.15) is 10.6 Å². The number of hydrogen-bond acceptors (Lipinski definition) is 7. The molecule has 132 valence electrons. The number of nitrogens with zero attached hydrogens (tertiary/aromatic N) is 4. The highest BCUT2D eigenvalue weighted by molar-refractivity contribution is 7.11. The molecule has 27 heavy (non-hydrogen) atoms. The van der Waals surface area contributed by atoms with Crippen molar-refractivity contribution in [2.45, 2.75) is 0 Å². The standard InChI is InChI=1S/C18H10N4O4S/c19-10-14(8-12-4-6-15(7-5-12)21(23)24)18-20-17(11-27-18)13-2-1-3-16(9-13)22(25)26/h1-9,11H. The van der Waals surface area contributed by atoms with Crippen molar-refractivity contribution >= 4 is 34.4 Å². The third kappa shape index (κ3) is 4.02. The van der Waals surface area contributed by atoms with E-state index in [-0.39, 0.29) is 11.4 Å². The number of benzene rings is 2. The van der Waals surface area contributed by atoms with Crippen LogP contribution in [0, 0.1) is 31.6 Å². The lowest BCUT2D eigenvalue weighted by atomic mass is 10.1. The molecule has 0 bridgehead atoms. The zero-order chi connectivity index (χ0) is 19.4. The number of rotatable bonds is 5. The molecule has 2 aromatic carbocycles. The Kier molecular flexibility index (Phi) is 5.01. The summed E-state index contributed by atoms with van der Waals surface area (Å²) in [6, 6.07) is 14.0. The van der Waals surface area contributed by atoms with E-state index in [0.29, 0.717) is 27.4 Å². The zero-order valence-electron chi connectivity index (χ0n) is 13.6. The van der Waals surface area contributed by atoms with Crippen LogP contribution in [0.25, 0.3) is 22.9 Å². The first-order valence-corrected chi connectivity index (χ1v) is 8.43. The molecule has 0 aliphatic rings. The van der Waals surface area contributed by atoms with Gasteiger partial charge in [-0.3, -0.25) is 20.2 Å². The van der Waals surface area contributed by atoms with Crippen LogP contribution in [0.4, 0.5) is 11.4 Å². The Morgan fingerprint density at radius 2 is 1.78 bits per heavy atom. The van der Waals surface area contributed by atoms with E-state index in [9.17, 15) is 25.5 Å². The average molecular weight is 378 g/mol. The molecule has 3 rings (SSSR count). The van der Waals surface area contributed by atoms with Gasteiger partial charge >= 0.3 is 0 Å². The van der Waals surface area contributed by atoms with Crippen molar-refractivity contribution in [2.24, 2.45) is 0 Å². The Balaban J connectivity index is 1.91. The second kappa shape index (κ2) is 7.55. The molecule has 0 N–H and O–H groups in total. The van der Waals surface area contributed by atoms with Crippen molar-refractivity contribution in [3.63, 3.8) is 0 Å². The number of nitro groups is 2. The van der Waals surface area contributed by atoms with Crippen LogP contribution in [0.15, 0.2) is 53.9 Å². The third-order valence-electron chi connectivity index (χ3n) is 3.62. The summed E-state index contributed by atoms with van der Waals surface area (Å²) in [6.45, 7) is 0. The highest BCUT2D eigenvalue weighted by Gasteiger charge is 2.12. The fourth-order valence-electron chi connectivity index (χ4n) is 2.31. The van der Waals surface area contributed by atoms with Crippen LogP contribution >= 0.6 is 11.3 Å². The molecule has 0 spiro atoms. The third-order valence-corrected chi connectivity index (χ3v) is 4.50. The van der Waals surface area contributed by atoms with E-state index in [4.69, 9.17) is 0 Å². The first-order chi connectivity index (χ1) is 13.0. The quantitative estimate of drug-likeness (QED) is 0.360. The second-order valence-corrected chi connectivity index (χ2v) is 6.22. The minimum absolute atomic E-state index is 0.0344. The molecule has 0 atom stereocenters. The van der Waals surface area contributed by atoms with Crippen LogP contribution in [0.3, 0.4) is 0 Å². The summed E-state index contributed by atoms with van der Waals surface area (Å²) >= 11 is 1.24. The highest BCUT2D eigenvalue weighted by atomic mass is 32.1. The summed E-state index contributed by atoms with van der Waals surface area (Å²) in [5, 5.41) is 33.2. The van der Waals surface area contributed by atoms with Gasteiger partial charge in [-0.1, -0.05) is 12.1 Å². The van der Waals surface area contributed by atoms with E-state index in [1.165, 1.54) is 35.6 Å². The fourth-order valence-corrected chi connectivity index (χ4v) is 3.10. The molecule has 0 saturated heterocycles. The number of nitriles is 1. The van der Waals surface area contributed by atoms with Crippen molar-refractivity contribution in [2.75, 3.05) is 0 Å². The first kappa shape index (κ1) is 17.9. The van der Waals surface area contributed by atoms with Gasteiger partial charge in [0.25, 0.3) is 11.4 Å². The summed E-state index contributed by atoms with van der Waals surface area (Å²) in [6.07, 6.45) is 1.58. The van der Waals surface area contributed by atoms with Crippen LogP contribution in [0.2, 0.25) is 0 Å². The lowest BCUT2D eigenvalue weighted by molar-refractivity contribution is -0.385. The smallest absolute Gasteiger partial charge is 0.258 e. The number of non-ortho nitro benzene ring substituents is 2. The fraction of sp³-hybridized carbons (Fsp3) is 0. The number of aromatic nitrogens is 1. The summed E-state index contributed by atoms with van der Waals surface area (Å²) in [7, 11) is 0. The molecule has 0 unspecified atom stereocenters. The monoisotopic (exact) mass is 378 g/mol. The molecular formula is C18H10N4O4S. The number of thiazole rings is 1. The van der Waals surface area contributed by atoms with Gasteiger partial charge < -0.3 is 0 Å². The van der Waals surface area contributed by atoms with Crippen LogP contribution in [-0.4, -0.2) is 14.8 Å². The van der Waals surface area contributed by atoms with Gasteiger partial charge in [0.2, 0.25) is 0 Å². The van der Waals surface area contributed by atoms with Gasteiger partial charge in [0.05, 0.1) is 21.1 Å². The maximum atomic E-state index is 10.9. The predicted octanol–water partition coefficient (Wildman–Crippen LogP) is 4.69. The Morgan fingerprint density at radius 3 is 2.41 bits per heavy atom. The molecule has 1 heterocycles. The van der Waals surface area contributed by atoms with Crippen molar-refractivity contribution in [1.82, 2.24) is 4.98 Å². The maximum absolute atomic E-state index is 10.9. The molecule has 9 heteroatoms. The number of allylic oxidation sites excluding steroid dienone is 1. The molecule has 8 nitrogen and oxygen atoms in total. The maximum Gasteiger partial charge on any atom is 0.270 e. The number of nitro benzene ring substituents is 2. The molecular weight excluding hydrogens is 368 g/mol. The lowest BCUT2D eigenvalue weighted by Crippen LogP contribution is -1.88. The van der Waals surface area contributed by atoms with Gasteiger partial charge in [0.1, 0.15) is 11.1 Å². The van der Waals surface area contributed by atoms with Crippen LogP contribution in [0.5, 0.6) is 0 Å². The van der Waals surface area contributed by atoms with Gasteiger partial charge in [0.15, 0.2) is 0 Å². The zero-order valence-corrected chi connectivity index (χ0v) is 14.4. The molecule has 0 amide bonds. The largest absolute Gasteiger partial charge is 0.270 e. The topological polar surface area (TPSA) is 123 Å². The van der Waals surface area contributed by atoms with E-state index in [1.807, 2.05) is 0 Å². The Hall–Kier alpha value is -3.90. The van der Waals surface area contributed by atoms with Crippen molar-refractivity contribution in [1.29, 1.82) is 5.26 Å². The van der Waals surface area contributed by atoms with Crippen molar-refractivity contribution in [3.05, 3.63) is 84.7 Å². The minimum atomic E-state index is -0.495. The van der Waals surface area contributed by atoms with E-state index in [1.54, 1.807) is 35.7 Å². The summed E-state index contributed by atoms with van der Waals surface area (Å²) in [5.41, 5.74) is 1.97. The molecule has 0 radical (unpaired) electrons. The molecule has 0 saturated carbocycles. The van der Waals surface area contributed by atoms with Gasteiger partial charge in [-0.05, 0) is 23.8 Å². The Labute approximate surface area is 157 Å². The SMILES string of the molecule is N#CC(=Cc1ccc([N+](=O)[O-])cc1)c1nc(-c2cccc([N+](=O)[O-])c2)cs1. The summed E-state index contributed by atoms with van der Waals surface area (Å²) in [5.74, 6) is 0. The van der Waals surface area contributed by atoms with Crippen LogP contribution < -0.4 is 0 Å². The van der Waals surface area contributed by atoms with E-state index in [0.717, 1.165) is 0 Å². The molecule has 0 fully saturated rings. The van der Waals surface area contributed by atoms with E-state index < -0.39 is 9.85 Å². The lowest BCUT2D eigenvalue weighted by Gasteiger charge is -1.97. The van der Waals surface area contributed by atoms with Gasteiger partial charge in [0, 0.05) is 35.2 Å². The average Bonchev–Trinajstić information content (AvgIpc) is 3.16. The van der Waals surface area contributed by atoms with Gasteiger partial charge in [-0.25, -0.2) is 4.98 Å². The summed E-state index contributed by atoms with van der Waals surface area (Å²) < 4.78 is 0. The van der Waals surface area contributed by atoms with Crippen molar-refractivity contribution in [3.8, 4) is 17.3 Å². The number of hydrogen-bond donors (Lipinski definition) is 0. The van der Waals surface area contributed by atoms with E-state index >= 15 is 0 Å². The normalized spacial score (nSPS) is 11.0. The molecule has 3 aromatic rings. The first-order valence-electron chi connectivity index (χ1n) is 7.55. The highest BCUT2D eigenvalue weighted by Crippen LogP contribution is 2.29. The summed E-state index contributed by atoms with van der Waals surface area (Å²) in [4.78, 5) is 25.0. The molecule has 0 aliphatic carbocycles. The van der Waals surface area contributed by atoms with Crippen molar-refractivity contribution < 1.29 is 9.85 Å². The molecule has 0 aliphatic heterocycles.